The van der Waals surface area contributed by atoms with Gasteiger partial charge in [0.1, 0.15) is 0 Å². The van der Waals surface area contributed by atoms with Gasteiger partial charge in [0, 0.05) is 34.1 Å². The van der Waals surface area contributed by atoms with Crippen LogP contribution in [0.4, 0.5) is 34.1 Å². The van der Waals surface area contributed by atoms with E-state index in [2.05, 4.69) is 0 Å². The maximum Gasteiger partial charge on any atom is 0.0645 e. The topological polar surface area (TPSA) is 6.48 Å². The van der Waals surface area contributed by atoms with Crippen LogP contribution in [0.15, 0.2) is 206 Å². The third-order valence-corrected chi connectivity index (χ3v) is 8.17. The molecule has 228 valence electrons. The van der Waals surface area contributed by atoms with Crippen LogP contribution in [0.3, 0.4) is 0 Å². The molecular weight excluding hydrogens is 581 g/mol. The van der Waals surface area contributed by atoms with Crippen LogP contribution in [-0.2, 0) is 0 Å². The molecule has 0 saturated carbocycles. The summed E-state index contributed by atoms with van der Waals surface area (Å²) in [7, 11) is 0. The van der Waals surface area contributed by atoms with Gasteiger partial charge < -0.3 is 9.80 Å². The third kappa shape index (κ3) is 5.95. The number of benzene rings is 8. The first-order valence-corrected chi connectivity index (χ1v) is 15.7. The lowest BCUT2D eigenvalue weighted by molar-refractivity contribution is 1.28. The second kappa shape index (κ2) is 13.2. The zero-order valence-electron chi connectivity index (χ0n) is 33.9. The summed E-state index contributed by atoms with van der Waals surface area (Å²) in [6.07, 6.45) is 0. The summed E-state index contributed by atoms with van der Waals surface area (Å²) in [5.74, 6) is 0. The van der Waals surface area contributed by atoms with Crippen molar-refractivity contribution in [2.45, 2.75) is 0 Å². The molecule has 0 atom stereocenters. The highest BCUT2D eigenvalue weighted by molar-refractivity contribution is 5.89. The van der Waals surface area contributed by atoms with Gasteiger partial charge in [-0.15, -0.1) is 0 Å². The van der Waals surface area contributed by atoms with Gasteiger partial charge in [-0.05, 0) is 106 Å². The van der Waals surface area contributed by atoms with Gasteiger partial charge in [0.05, 0.1) is 11.0 Å². The predicted molar refractivity (Wildman–Crippen MR) is 204 cm³/mol. The Kier molecular flexibility index (Phi) is 5.87. The van der Waals surface area contributed by atoms with Gasteiger partial charge in [-0.2, -0.15) is 0 Å². The van der Waals surface area contributed by atoms with E-state index in [9.17, 15) is 5.48 Å². The van der Waals surface area contributed by atoms with Crippen molar-refractivity contribution < 1.29 is 11.0 Å². The van der Waals surface area contributed by atoms with Gasteiger partial charge >= 0.3 is 0 Å². The minimum atomic E-state index is -0.217. The van der Waals surface area contributed by atoms with Gasteiger partial charge in [0.25, 0.3) is 0 Å². The summed E-state index contributed by atoms with van der Waals surface area (Å²) in [5, 5.41) is 2.01. The maximum atomic E-state index is 9.25. The largest absolute Gasteiger partial charge is 0.311 e. The summed E-state index contributed by atoms with van der Waals surface area (Å²) in [6.45, 7) is 0. The predicted octanol–water partition coefficient (Wildman–Crippen LogP) is 13.1. The minimum absolute atomic E-state index is 0.109. The van der Waals surface area contributed by atoms with E-state index in [1.807, 2.05) is 133 Å². The molecular formula is C46H34N2. The molecule has 0 unspecified atom stereocenters. The molecule has 0 aromatic heterocycles. The maximum absolute atomic E-state index is 9.25. The molecule has 0 saturated heterocycles. The Balaban J connectivity index is 1.21. The normalized spacial score (nSPS) is 13.2. The highest BCUT2D eigenvalue weighted by Crippen LogP contribution is 2.38. The summed E-state index contributed by atoms with van der Waals surface area (Å²) in [4.78, 5) is 3.47. The molecule has 0 spiro atoms. The van der Waals surface area contributed by atoms with Gasteiger partial charge in [0.2, 0.25) is 0 Å². The molecule has 8 rings (SSSR count). The molecule has 0 aliphatic carbocycles. The minimum Gasteiger partial charge on any atom is -0.311 e. The molecule has 0 aliphatic rings. The number of para-hydroxylation sites is 3. The Labute approximate surface area is 293 Å². The highest BCUT2D eigenvalue weighted by Gasteiger charge is 2.14. The van der Waals surface area contributed by atoms with E-state index in [0.717, 1.165) is 10.8 Å². The van der Waals surface area contributed by atoms with E-state index >= 15 is 0 Å². The van der Waals surface area contributed by atoms with Crippen molar-refractivity contribution in [1.29, 1.82) is 0 Å². The molecule has 0 heterocycles. The summed E-state index contributed by atoms with van der Waals surface area (Å²) in [6, 6.07) is 46.5. The van der Waals surface area contributed by atoms with Crippen molar-refractivity contribution in [3.8, 4) is 22.3 Å². The van der Waals surface area contributed by atoms with Crippen molar-refractivity contribution in [3.05, 3.63) is 206 Å². The van der Waals surface area contributed by atoms with E-state index in [1.54, 1.807) is 34.1 Å². The van der Waals surface area contributed by atoms with Crippen LogP contribution in [0.25, 0.3) is 33.0 Å². The van der Waals surface area contributed by atoms with E-state index in [-0.39, 0.29) is 70.8 Å². The number of rotatable bonds is 8. The molecule has 2 heteroatoms. The zero-order valence-corrected chi connectivity index (χ0v) is 25.9. The number of hydrogen-bond acceptors (Lipinski definition) is 2. The van der Waals surface area contributed by atoms with Crippen LogP contribution >= 0.6 is 0 Å². The molecule has 8 aromatic carbocycles. The quantitative estimate of drug-likeness (QED) is 0.166. The average molecular weight is 623 g/mol. The smallest absolute Gasteiger partial charge is 0.0645 e. The molecule has 0 aliphatic heterocycles. The Morgan fingerprint density at radius 1 is 0.271 bits per heavy atom. The third-order valence-electron chi connectivity index (χ3n) is 8.17. The molecule has 0 radical (unpaired) electrons. The van der Waals surface area contributed by atoms with Crippen molar-refractivity contribution in [1.82, 2.24) is 0 Å². The standard InChI is InChI=1S/C46H34N2/c1-4-14-41(15-5-1)47(42-16-6-2-7-17-42)44-29-24-38(25-30-44)36-20-22-37(23-21-36)39-26-31-45(32-27-39)48(43-18-8-3-9-19-43)46-33-28-35-12-10-11-13-40(35)34-46/h1-34H/i24D,25D,26D,27D,29D,30D,31D,32D. The molecule has 8 aromatic rings. The van der Waals surface area contributed by atoms with E-state index in [0.29, 0.717) is 33.9 Å². The second-order valence-electron chi connectivity index (χ2n) is 11.2. The molecule has 48 heavy (non-hydrogen) atoms. The lowest BCUT2D eigenvalue weighted by atomic mass is 9.99. The first kappa shape index (κ1) is 21.4. The van der Waals surface area contributed by atoms with Crippen molar-refractivity contribution in [3.63, 3.8) is 0 Å². The molecule has 0 bridgehead atoms. The Bertz CT molecular complexity index is 2630. The SMILES string of the molecule is [2H]c1c([2H])c(N(c2ccccc2)c2ccccc2)c([2H])c([2H])c1-c1ccc(-c2c([2H])c([2H])c(N(c3ccccc3)c3ccc4ccccc4c3)c([2H])c2[2H])cc1. The number of hydrogen-bond donors (Lipinski definition) is 0. The average Bonchev–Trinajstić information content (AvgIpc) is 3.24. The van der Waals surface area contributed by atoms with Gasteiger partial charge in [-0.25, -0.2) is 0 Å². The summed E-state index contributed by atoms with van der Waals surface area (Å²) < 4.78 is 73.3. The van der Waals surface area contributed by atoms with Gasteiger partial charge in [-0.1, -0.05) is 133 Å². The Morgan fingerprint density at radius 3 is 1.08 bits per heavy atom. The van der Waals surface area contributed by atoms with E-state index in [1.165, 1.54) is 0 Å². The van der Waals surface area contributed by atoms with E-state index in [4.69, 9.17) is 5.48 Å². The fourth-order valence-corrected chi connectivity index (χ4v) is 5.79. The van der Waals surface area contributed by atoms with Gasteiger partial charge in [0.15, 0.2) is 0 Å². The zero-order chi connectivity index (χ0) is 39.1. The van der Waals surface area contributed by atoms with Crippen molar-refractivity contribution >= 4 is 44.9 Å². The fourth-order valence-electron chi connectivity index (χ4n) is 5.79. The fraction of sp³-hybridized carbons (Fsp3) is 0. The van der Waals surface area contributed by atoms with Crippen LogP contribution in [0.2, 0.25) is 0 Å². The Morgan fingerprint density at radius 2 is 0.646 bits per heavy atom. The number of nitrogens with zero attached hydrogens (tertiary/aromatic N) is 2. The van der Waals surface area contributed by atoms with Crippen LogP contribution in [0.5, 0.6) is 0 Å². The molecule has 2 nitrogen and oxygen atoms in total. The van der Waals surface area contributed by atoms with Crippen LogP contribution < -0.4 is 9.80 Å². The summed E-state index contributed by atoms with van der Waals surface area (Å²) in [5.41, 5.74) is 4.04. The highest BCUT2D eigenvalue weighted by atomic mass is 15.1. The number of anilines is 6. The van der Waals surface area contributed by atoms with Crippen LogP contribution in [0.1, 0.15) is 11.0 Å². The van der Waals surface area contributed by atoms with Crippen LogP contribution in [-0.4, -0.2) is 0 Å². The molecule has 0 amide bonds. The van der Waals surface area contributed by atoms with Crippen LogP contribution in [0, 0.1) is 0 Å². The lowest BCUT2D eigenvalue weighted by Gasteiger charge is -2.26. The van der Waals surface area contributed by atoms with Crippen molar-refractivity contribution in [2.24, 2.45) is 0 Å². The van der Waals surface area contributed by atoms with E-state index < -0.39 is 0 Å². The second-order valence-corrected chi connectivity index (χ2v) is 11.2. The number of fused-ring (bicyclic) bond motifs is 1. The monoisotopic (exact) mass is 622 g/mol. The first-order valence-electron chi connectivity index (χ1n) is 19.7. The first-order chi connectivity index (χ1) is 27.2. The molecule has 0 N–H and O–H groups in total. The lowest BCUT2D eigenvalue weighted by Crippen LogP contribution is -2.09. The van der Waals surface area contributed by atoms with Gasteiger partial charge in [-0.3, -0.25) is 0 Å². The van der Waals surface area contributed by atoms with Crippen molar-refractivity contribution in [2.75, 3.05) is 9.80 Å². The summed E-state index contributed by atoms with van der Waals surface area (Å²) >= 11 is 0. The molecule has 0 fully saturated rings. The Hall–Kier alpha value is -6.38.